The lowest BCUT2D eigenvalue weighted by molar-refractivity contribution is 0.616. The van der Waals surface area contributed by atoms with Crippen molar-refractivity contribution in [1.82, 2.24) is 5.32 Å². The van der Waals surface area contributed by atoms with Gasteiger partial charge < -0.3 is 5.32 Å². The number of hydrogen-bond acceptors (Lipinski definition) is 2. The van der Waals surface area contributed by atoms with E-state index >= 15 is 0 Å². The fourth-order valence-corrected chi connectivity index (χ4v) is 3.63. The quantitative estimate of drug-likeness (QED) is 0.753. The number of nitrogens with one attached hydrogen (secondary N) is 1. The van der Waals surface area contributed by atoms with E-state index < -0.39 is 0 Å². The molecule has 1 aromatic rings. The molecule has 82 valence electrons. The number of rotatable bonds is 5. The Balaban J connectivity index is 1.45. The molecule has 2 heteroatoms. The summed E-state index contributed by atoms with van der Waals surface area (Å²) in [6, 6.07) is 2.43. The fraction of sp³-hybridized carbons (Fsp3) is 0.692. The molecule has 0 unspecified atom stereocenters. The maximum Gasteiger partial charge on any atom is 0.0299 e. The molecule has 0 saturated heterocycles. The van der Waals surface area contributed by atoms with Crippen LogP contribution in [0, 0.1) is 5.92 Å². The summed E-state index contributed by atoms with van der Waals surface area (Å²) < 4.78 is 0. The van der Waals surface area contributed by atoms with Gasteiger partial charge in [-0.05, 0) is 49.8 Å². The lowest BCUT2D eigenvalue weighted by Gasteiger charge is -2.01. The number of fused-ring (bicyclic) bond motifs is 1. The number of thiophene rings is 1. The molecule has 1 aromatic heterocycles. The molecule has 0 radical (unpaired) electrons. The van der Waals surface area contributed by atoms with Gasteiger partial charge in [-0.25, -0.2) is 0 Å². The van der Waals surface area contributed by atoms with Crippen molar-refractivity contribution in [2.45, 2.75) is 45.1 Å². The summed E-state index contributed by atoms with van der Waals surface area (Å²) in [5.41, 5.74) is 1.64. The van der Waals surface area contributed by atoms with E-state index in [1.165, 1.54) is 45.1 Å². The molecule has 0 bridgehead atoms. The first kappa shape index (κ1) is 9.86. The van der Waals surface area contributed by atoms with Crippen LogP contribution in [0.5, 0.6) is 0 Å². The van der Waals surface area contributed by atoms with Crippen LogP contribution in [0.2, 0.25) is 0 Å². The standard InChI is InChI=1S/C13H19NS/c1-2-11-8-12(15-13(11)3-1)9-14-7-6-10-4-5-10/h8,10,14H,1-7,9H2. The molecule has 0 amide bonds. The molecule has 0 spiro atoms. The SMILES string of the molecule is c1c(CNCCC2CC2)sc2c1CCC2. The highest BCUT2D eigenvalue weighted by atomic mass is 32.1. The van der Waals surface area contributed by atoms with Crippen molar-refractivity contribution in [3.63, 3.8) is 0 Å². The summed E-state index contributed by atoms with van der Waals surface area (Å²) in [7, 11) is 0. The lowest BCUT2D eigenvalue weighted by atomic mass is 10.2. The van der Waals surface area contributed by atoms with Gasteiger partial charge in [0.1, 0.15) is 0 Å². The summed E-state index contributed by atoms with van der Waals surface area (Å²) in [5, 5.41) is 3.57. The van der Waals surface area contributed by atoms with E-state index in [1.807, 2.05) is 11.3 Å². The van der Waals surface area contributed by atoms with Crippen molar-refractivity contribution in [2.75, 3.05) is 6.54 Å². The first-order chi connectivity index (χ1) is 7.42. The van der Waals surface area contributed by atoms with Crippen LogP contribution in [0.15, 0.2) is 6.07 Å². The Labute approximate surface area is 95.9 Å². The van der Waals surface area contributed by atoms with Crippen molar-refractivity contribution in [1.29, 1.82) is 0 Å². The zero-order valence-electron chi connectivity index (χ0n) is 9.22. The molecular formula is C13H19NS. The zero-order valence-corrected chi connectivity index (χ0v) is 10.0. The molecule has 15 heavy (non-hydrogen) atoms. The second-order valence-electron chi connectivity index (χ2n) is 4.92. The third kappa shape index (κ3) is 2.43. The van der Waals surface area contributed by atoms with Gasteiger partial charge in [0.2, 0.25) is 0 Å². The van der Waals surface area contributed by atoms with Gasteiger partial charge in [-0.3, -0.25) is 0 Å². The van der Waals surface area contributed by atoms with Crippen molar-refractivity contribution < 1.29 is 0 Å². The summed E-state index contributed by atoms with van der Waals surface area (Å²) in [6.07, 6.45) is 8.40. The van der Waals surface area contributed by atoms with Crippen LogP contribution >= 0.6 is 11.3 Å². The van der Waals surface area contributed by atoms with Crippen LogP contribution in [0.4, 0.5) is 0 Å². The molecule has 1 nitrogen and oxygen atoms in total. The van der Waals surface area contributed by atoms with Crippen LogP contribution in [-0.2, 0) is 19.4 Å². The second kappa shape index (κ2) is 4.26. The van der Waals surface area contributed by atoms with E-state index in [1.54, 1.807) is 15.3 Å². The molecule has 0 aliphatic heterocycles. The van der Waals surface area contributed by atoms with E-state index in [4.69, 9.17) is 0 Å². The first-order valence-electron chi connectivity index (χ1n) is 6.23. The van der Waals surface area contributed by atoms with Gasteiger partial charge in [0.05, 0.1) is 0 Å². The molecule has 1 N–H and O–H groups in total. The van der Waals surface area contributed by atoms with E-state index in [2.05, 4.69) is 11.4 Å². The van der Waals surface area contributed by atoms with E-state index in [9.17, 15) is 0 Å². The Morgan fingerprint density at radius 2 is 2.27 bits per heavy atom. The van der Waals surface area contributed by atoms with Crippen molar-refractivity contribution in [3.05, 3.63) is 21.4 Å². The maximum absolute atomic E-state index is 3.57. The van der Waals surface area contributed by atoms with Crippen molar-refractivity contribution in [3.8, 4) is 0 Å². The predicted octanol–water partition coefficient (Wildman–Crippen LogP) is 3.13. The first-order valence-corrected chi connectivity index (χ1v) is 7.04. The Hall–Kier alpha value is -0.340. The van der Waals surface area contributed by atoms with Crippen molar-refractivity contribution in [2.24, 2.45) is 5.92 Å². The third-order valence-corrected chi connectivity index (χ3v) is 4.76. The van der Waals surface area contributed by atoms with Gasteiger partial charge in [0, 0.05) is 16.3 Å². The molecular weight excluding hydrogens is 202 g/mol. The van der Waals surface area contributed by atoms with Crippen LogP contribution in [0.1, 0.15) is 41.0 Å². The van der Waals surface area contributed by atoms with Gasteiger partial charge in [-0.2, -0.15) is 0 Å². The highest BCUT2D eigenvalue weighted by molar-refractivity contribution is 7.12. The van der Waals surface area contributed by atoms with E-state index in [-0.39, 0.29) is 0 Å². The molecule has 2 aliphatic carbocycles. The minimum Gasteiger partial charge on any atom is -0.312 e. The number of hydrogen-bond donors (Lipinski definition) is 1. The minimum absolute atomic E-state index is 1.06. The largest absolute Gasteiger partial charge is 0.312 e. The Morgan fingerprint density at radius 1 is 1.33 bits per heavy atom. The van der Waals surface area contributed by atoms with Gasteiger partial charge in [-0.1, -0.05) is 12.8 Å². The second-order valence-corrected chi connectivity index (χ2v) is 6.14. The fourth-order valence-electron chi connectivity index (χ4n) is 2.40. The normalized spacial score (nSPS) is 19.5. The summed E-state index contributed by atoms with van der Waals surface area (Å²) >= 11 is 2.03. The molecule has 1 fully saturated rings. The third-order valence-electron chi connectivity index (χ3n) is 3.52. The van der Waals surface area contributed by atoms with Gasteiger partial charge in [-0.15, -0.1) is 11.3 Å². The molecule has 0 atom stereocenters. The molecule has 1 heterocycles. The average Bonchev–Trinajstić information content (AvgIpc) is 2.81. The highest BCUT2D eigenvalue weighted by Gasteiger charge is 2.20. The number of aryl methyl sites for hydroxylation is 2. The summed E-state index contributed by atoms with van der Waals surface area (Å²) in [6.45, 7) is 2.32. The van der Waals surface area contributed by atoms with Crippen LogP contribution in [-0.4, -0.2) is 6.54 Å². The van der Waals surface area contributed by atoms with E-state index in [0.717, 1.165) is 12.5 Å². The van der Waals surface area contributed by atoms with Gasteiger partial charge in [0.15, 0.2) is 0 Å². The van der Waals surface area contributed by atoms with Gasteiger partial charge >= 0.3 is 0 Å². The minimum atomic E-state index is 1.06. The Bertz CT molecular complexity index is 317. The maximum atomic E-state index is 3.57. The zero-order chi connectivity index (χ0) is 10.1. The Kier molecular flexibility index (Phi) is 2.80. The van der Waals surface area contributed by atoms with Gasteiger partial charge in [0.25, 0.3) is 0 Å². The lowest BCUT2D eigenvalue weighted by Crippen LogP contribution is -2.14. The molecule has 3 rings (SSSR count). The molecule has 1 saturated carbocycles. The topological polar surface area (TPSA) is 12.0 Å². The summed E-state index contributed by atoms with van der Waals surface area (Å²) in [4.78, 5) is 3.21. The van der Waals surface area contributed by atoms with Crippen LogP contribution in [0.3, 0.4) is 0 Å². The predicted molar refractivity (Wildman–Crippen MR) is 65.4 cm³/mol. The van der Waals surface area contributed by atoms with Crippen LogP contribution < -0.4 is 5.32 Å². The Morgan fingerprint density at radius 3 is 3.07 bits per heavy atom. The highest BCUT2D eigenvalue weighted by Crippen LogP contribution is 2.32. The van der Waals surface area contributed by atoms with Crippen molar-refractivity contribution >= 4 is 11.3 Å². The molecule has 0 aromatic carbocycles. The van der Waals surface area contributed by atoms with Crippen LogP contribution in [0.25, 0.3) is 0 Å². The van der Waals surface area contributed by atoms with E-state index in [0.29, 0.717) is 0 Å². The average molecular weight is 221 g/mol. The molecule has 2 aliphatic rings. The monoisotopic (exact) mass is 221 g/mol. The summed E-state index contributed by atoms with van der Waals surface area (Å²) in [5.74, 6) is 1.06. The smallest absolute Gasteiger partial charge is 0.0299 e.